The molecular formula is C20H23N3O5S. The highest BCUT2D eigenvalue weighted by Crippen LogP contribution is 2.35. The lowest BCUT2D eigenvalue weighted by Crippen LogP contribution is -2.46. The third-order valence-electron chi connectivity index (χ3n) is 4.93. The van der Waals surface area contributed by atoms with Crippen LogP contribution in [0, 0.1) is 0 Å². The third kappa shape index (κ3) is 4.87. The van der Waals surface area contributed by atoms with Crippen molar-refractivity contribution in [2.75, 3.05) is 39.6 Å². The summed E-state index contributed by atoms with van der Waals surface area (Å²) in [6, 6.07) is 9.51. The van der Waals surface area contributed by atoms with Crippen molar-refractivity contribution in [1.82, 2.24) is 15.5 Å². The second-order valence-electron chi connectivity index (χ2n) is 6.75. The number of fused-ring (bicyclic) bond motifs is 1. The van der Waals surface area contributed by atoms with E-state index in [0.717, 1.165) is 23.5 Å². The lowest BCUT2D eigenvalue weighted by Gasteiger charge is -2.34. The molecular weight excluding hydrogens is 394 g/mol. The molecule has 1 aromatic heterocycles. The summed E-state index contributed by atoms with van der Waals surface area (Å²) in [5, 5.41) is 7.36. The Hall–Kier alpha value is -2.62. The molecule has 9 heteroatoms. The van der Waals surface area contributed by atoms with Crippen LogP contribution < -0.4 is 20.1 Å². The van der Waals surface area contributed by atoms with Crippen molar-refractivity contribution in [1.29, 1.82) is 0 Å². The van der Waals surface area contributed by atoms with E-state index in [1.807, 2.05) is 35.7 Å². The summed E-state index contributed by atoms with van der Waals surface area (Å²) in [6.45, 7) is 3.64. The number of nitrogens with one attached hydrogen (secondary N) is 2. The topological polar surface area (TPSA) is 89.1 Å². The number of rotatable bonds is 6. The van der Waals surface area contributed by atoms with Crippen LogP contribution in [0.5, 0.6) is 11.5 Å². The number of amides is 2. The lowest BCUT2D eigenvalue weighted by atomic mass is 10.0. The van der Waals surface area contributed by atoms with Crippen molar-refractivity contribution in [3.05, 3.63) is 46.2 Å². The molecule has 2 aromatic rings. The first-order valence-electron chi connectivity index (χ1n) is 9.50. The average molecular weight is 417 g/mol. The molecule has 0 saturated carbocycles. The van der Waals surface area contributed by atoms with Crippen molar-refractivity contribution in [3.8, 4) is 11.5 Å². The number of thiophene rings is 1. The Morgan fingerprint density at radius 2 is 1.86 bits per heavy atom. The highest BCUT2D eigenvalue weighted by Gasteiger charge is 2.26. The van der Waals surface area contributed by atoms with E-state index in [2.05, 4.69) is 15.5 Å². The Bertz CT molecular complexity index is 852. The smallest absolute Gasteiger partial charge is 0.309 e. The molecule has 1 aromatic carbocycles. The maximum Gasteiger partial charge on any atom is 0.309 e. The molecule has 8 nitrogen and oxygen atoms in total. The number of carbonyl (C=O) groups excluding carboxylic acids is 2. The molecule has 2 amide bonds. The van der Waals surface area contributed by atoms with Gasteiger partial charge in [-0.25, -0.2) is 0 Å². The Labute approximate surface area is 172 Å². The van der Waals surface area contributed by atoms with E-state index < -0.39 is 11.8 Å². The van der Waals surface area contributed by atoms with Gasteiger partial charge >= 0.3 is 11.8 Å². The fourth-order valence-electron chi connectivity index (χ4n) is 3.40. The number of carbonyl (C=O) groups is 2. The molecule has 2 aliphatic heterocycles. The van der Waals surface area contributed by atoms with Gasteiger partial charge in [0, 0.05) is 24.5 Å². The van der Waals surface area contributed by atoms with Gasteiger partial charge in [0.25, 0.3) is 0 Å². The molecule has 2 N–H and O–H groups in total. The first-order chi connectivity index (χ1) is 14.2. The van der Waals surface area contributed by atoms with E-state index >= 15 is 0 Å². The summed E-state index contributed by atoms with van der Waals surface area (Å²) in [4.78, 5) is 27.7. The molecule has 1 saturated heterocycles. The molecule has 29 heavy (non-hydrogen) atoms. The molecule has 0 bridgehead atoms. The summed E-state index contributed by atoms with van der Waals surface area (Å²) in [5.41, 5.74) is 0.996. The van der Waals surface area contributed by atoms with Gasteiger partial charge < -0.3 is 24.8 Å². The first-order valence-corrected chi connectivity index (χ1v) is 10.4. The van der Waals surface area contributed by atoms with Crippen LogP contribution >= 0.6 is 11.3 Å². The maximum atomic E-state index is 12.3. The van der Waals surface area contributed by atoms with Crippen molar-refractivity contribution in [2.45, 2.75) is 12.6 Å². The molecule has 3 heterocycles. The number of hydrogen-bond acceptors (Lipinski definition) is 7. The normalized spacial score (nSPS) is 17.0. The second-order valence-corrected chi connectivity index (χ2v) is 7.78. The number of benzene rings is 1. The summed E-state index contributed by atoms with van der Waals surface area (Å²) < 4.78 is 16.3. The van der Waals surface area contributed by atoms with Crippen molar-refractivity contribution >= 4 is 23.2 Å². The molecule has 1 fully saturated rings. The van der Waals surface area contributed by atoms with Gasteiger partial charge in [0.1, 0.15) is 0 Å². The van der Waals surface area contributed by atoms with Gasteiger partial charge in [-0.2, -0.15) is 0 Å². The number of nitrogens with zero attached hydrogens (tertiary/aromatic N) is 1. The van der Waals surface area contributed by atoms with Crippen molar-refractivity contribution in [3.63, 3.8) is 0 Å². The van der Waals surface area contributed by atoms with Gasteiger partial charge in [0.15, 0.2) is 11.5 Å². The Kier molecular flexibility index (Phi) is 6.28. The van der Waals surface area contributed by atoms with Gasteiger partial charge in [-0.15, -0.1) is 11.3 Å². The molecule has 154 valence electrons. The molecule has 0 radical (unpaired) electrons. The molecule has 0 unspecified atom stereocenters. The highest BCUT2D eigenvalue weighted by atomic mass is 32.1. The van der Waals surface area contributed by atoms with Gasteiger partial charge in [-0.3, -0.25) is 14.5 Å². The molecule has 2 aliphatic rings. The number of morpholine rings is 1. The first kappa shape index (κ1) is 19.7. The van der Waals surface area contributed by atoms with E-state index in [9.17, 15) is 9.59 Å². The Morgan fingerprint density at radius 3 is 2.66 bits per heavy atom. The highest BCUT2D eigenvalue weighted by molar-refractivity contribution is 7.09. The maximum absolute atomic E-state index is 12.3. The number of hydrogen-bond donors (Lipinski definition) is 2. The zero-order valence-electron chi connectivity index (χ0n) is 15.9. The van der Waals surface area contributed by atoms with Crippen LogP contribution in [0.4, 0.5) is 0 Å². The van der Waals surface area contributed by atoms with E-state index in [0.29, 0.717) is 37.8 Å². The average Bonchev–Trinajstić information content (AvgIpc) is 3.44. The van der Waals surface area contributed by atoms with E-state index in [1.165, 1.54) is 11.3 Å². The van der Waals surface area contributed by atoms with Crippen LogP contribution in [-0.2, 0) is 20.9 Å². The lowest BCUT2D eigenvalue weighted by molar-refractivity contribution is -0.139. The van der Waals surface area contributed by atoms with Crippen LogP contribution in [0.25, 0.3) is 0 Å². The summed E-state index contributed by atoms with van der Waals surface area (Å²) in [6.07, 6.45) is 0. The zero-order valence-corrected chi connectivity index (χ0v) is 16.7. The summed E-state index contributed by atoms with van der Waals surface area (Å²) in [7, 11) is 0. The van der Waals surface area contributed by atoms with E-state index in [1.54, 1.807) is 0 Å². The predicted octanol–water partition coefficient (Wildman–Crippen LogP) is 1.28. The van der Waals surface area contributed by atoms with Crippen LogP contribution in [0.3, 0.4) is 0 Å². The van der Waals surface area contributed by atoms with Gasteiger partial charge in [-0.1, -0.05) is 12.1 Å². The minimum absolute atomic E-state index is 0.0950. The van der Waals surface area contributed by atoms with Gasteiger partial charge in [0.2, 0.25) is 6.79 Å². The van der Waals surface area contributed by atoms with Gasteiger partial charge in [-0.05, 0) is 29.1 Å². The molecule has 0 aliphatic carbocycles. The van der Waals surface area contributed by atoms with Crippen molar-refractivity contribution in [2.24, 2.45) is 0 Å². The Balaban J connectivity index is 1.40. The second kappa shape index (κ2) is 9.25. The summed E-state index contributed by atoms with van der Waals surface area (Å²) in [5.74, 6) is 0.137. The summed E-state index contributed by atoms with van der Waals surface area (Å²) >= 11 is 1.53. The minimum Gasteiger partial charge on any atom is -0.454 e. The Morgan fingerprint density at radius 1 is 1.07 bits per heavy atom. The molecule has 1 atom stereocenters. The fourth-order valence-corrected chi connectivity index (χ4v) is 4.04. The number of ether oxygens (including phenoxy) is 3. The van der Waals surface area contributed by atoms with Crippen LogP contribution in [0.2, 0.25) is 0 Å². The monoisotopic (exact) mass is 417 g/mol. The molecule has 4 rings (SSSR count). The van der Waals surface area contributed by atoms with E-state index in [4.69, 9.17) is 14.2 Å². The van der Waals surface area contributed by atoms with Crippen molar-refractivity contribution < 1.29 is 23.8 Å². The zero-order chi connectivity index (χ0) is 20.1. The fraction of sp³-hybridized carbons (Fsp3) is 0.400. The van der Waals surface area contributed by atoms with Crippen LogP contribution in [0.15, 0.2) is 35.7 Å². The van der Waals surface area contributed by atoms with Crippen LogP contribution in [-0.4, -0.2) is 56.4 Å². The minimum atomic E-state index is -0.638. The SMILES string of the molecule is O=C(NCc1cccs1)C(=O)NC[C@H](c1ccc2c(c1)OCO2)N1CCOCC1. The predicted molar refractivity (Wildman–Crippen MR) is 107 cm³/mol. The largest absolute Gasteiger partial charge is 0.454 e. The van der Waals surface area contributed by atoms with E-state index in [-0.39, 0.29) is 12.8 Å². The molecule has 0 spiro atoms. The standard InChI is InChI=1S/C20H23N3O5S/c24-19(21-11-15-2-1-9-29-15)20(25)22-12-16(23-5-7-26-8-6-23)14-3-4-17-18(10-14)28-13-27-17/h1-4,9-10,16H,5-8,11-13H2,(H,21,24)(H,22,25)/t16-/m1/s1. The van der Waals surface area contributed by atoms with Gasteiger partial charge in [0.05, 0.1) is 25.8 Å². The van der Waals surface area contributed by atoms with Crippen LogP contribution in [0.1, 0.15) is 16.5 Å². The quantitative estimate of drug-likeness (QED) is 0.689. The third-order valence-corrected chi connectivity index (χ3v) is 5.81.